The highest BCUT2D eigenvalue weighted by Gasteiger charge is 2.40. The number of nitrogens with zero attached hydrogens (tertiary/aromatic N) is 1. The zero-order valence-electron chi connectivity index (χ0n) is 12.1. The van der Waals surface area contributed by atoms with Crippen molar-refractivity contribution in [1.82, 2.24) is 10.2 Å². The van der Waals surface area contributed by atoms with Gasteiger partial charge in [-0.25, -0.2) is 0 Å². The molecule has 0 bridgehead atoms. The molecule has 1 N–H and O–H groups in total. The van der Waals surface area contributed by atoms with E-state index in [0.717, 1.165) is 6.54 Å². The Bertz CT molecular complexity index is 395. The van der Waals surface area contributed by atoms with Crippen molar-refractivity contribution in [1.29, 1.82) is 0 Å². The van der Waals surface area contributed by atoms with E-state index >= 15 is 0 Å². The molecule has 1 spiro atoms. The Morgan fingerprint density at radius 1 is 1.21 bits per heavy atom. The summed E-state index contributed by atoms with van der Waals surface area (Å²) in [5.41, 5.74) is 1.90. The van der Waals surface area contributed by atoms with Gasteiger partial charge in [0.1, 0.15) is 0 Å². The molecule has 0 aromatic heterocycles. The molecular formula is C17H26N2. The molecule has 1 saturated heterocycles. The first-order valence-electron chi connectivity index (χ1n) is 7.87. The lowest BCUT2D eigenvalue weighted by Gasteiger charge is -2.46. The SMILES string of the molecule is CCCN1CC2(CCCC2)NCC1c1ccccc1. The number of nitrogens with one attached hydrogen (secondary N) is 1. The van der Waals surface area contributed by atoms with Crippen LogP contribution in [0.4, 0.5) is 0 Å². The lowest BCUT2D eigenvalue weighted by molar-refractivity contribution is 0.0803. The van der Waals surface area contributed by atoms with E-state index in [-0.39, 0.29) is 0 Å². The molecule has 104 valence electrons. The van der Waals surface area contributed by atoms with E-state index in [1.807, 2.05) is 0 Å². The first-order valence-corrected chi connectivity index (χ1v) is 7.87. The van der Waals surface area contributed by atoms with E-state index in [9.17, 15) is 0 Å². The summed E-state index contributed by atoms with van der Waals surface area (Å²) in [6.45, 7) is 5.87. The summed E-state index contributed by atoms with van der Waals surface area (Å²) in [7, 11) is 0. The molecule has 19 heavy (non-hydrogen) atoms. The summed E-state index contributed by atoms with van der Waals surface area (Å²) >= 11 is 0. The summed E-state index contributed by atoms with van der Waals surface area (Å²) in [6.07, 6.45) is 6.80. The van der Waals surface area contributed by atoms with E-state index in [0.29, 0.717) is 11.6 Å². The van der Waals surface area contributed by atoms with Gasteiger partial charge >= 0.3 is 0 Å². The Kier molecular flexibility index (Phi) is 3.90. The fourth-order valence-electron chi connectivity index (χ4n) is 3.91. The van der Waals surface area contributed by atoms with Gasteiger partial charge in [0.2, 0.25) is 0 Å². The first kappa shape index (κ1) is 13.1. The Hall–Kier alpha value is -0.860. The predicted molar refractivity (Wildman–Crippen MR) is 80.2 cm³/mol. The van der Waals surface area contributed by atoms with Gasteiger partial charge in [-0.3, -0.25) is 4.90 Å². The van der Waals surface area contributed by atoms with Crippen LogP contribution in [0.3, 0.4) is 0 Å². The molecule has 1 aromatic rings. The Morgan fingerprint density at radius 3 is 2.63 bits per heavy atom. The number of benzene rings is 1. The van der Waals surface area contributed by atoms with Crippen LogP contribution in [-0.4, -0.2) is 30.1 Å². The zero-order valence-corrected chi connectivity index (χ0v) is 12.1. The van der Waals surface area contributed by atoms with Crippen molar-refractivity contribution in [3.05, 3.63) is 35.9 Å². The maximum absolute atomic E-state index is 3.89. The van der Waals surface area contributed by atoms with Crippen molar-refractivity contribution in [3.63, 3.8) is 0 Å². The second kappa shape index (κ2) is 5.64. The number of hydrogen-bond acceptors (Lipinski definition) is 2. The minimum atomic E-state index is 0.431. The minimum Gasteiger partial charge on any atom is -0.308 e. The lowest BCUT2D eigenvalue weighted by atomic mass is 9.90. The molecule has 1 aliphatic heterocycles. The maximum Gasteiger partial charge on any atom is 0.0473 e. The summed E-state index contributed by atoms with van der Waals surface area (Å²) in [5.74, 6) is 0. The minimum absolute atomic E-state index is 0.431. The molecule has 1 saturated carbocycles. The van der Waals surface area contributed by atoms with Crippen molar-refractivity contribution in [2.24, 2.45) is 0 Å². The largest absolute Gasteiger partial charge is 0.308 e. The zero-order chi connectivity index (χ0) is 13.1. The van der Waals surface area contributed by atoms with Crippen molar-refractivity contribution in [2.75, 3.05) is 19.6 Å². The third-order valence-electron chi connectivity index (χ3n) is 4.87. The second-order valence-corrected chi connectivity index (χ2v) is 6.27. The highest BCUT2D eigenvalue weighted by molar-refractivity contribution is 5.21. The van der Waals surface area contributed by atoms with Gasteiger partial charge < -0.3 is 5.32 Å². The highest BCUT2D eigenvalue weighted by atomic mass is 15.3. The molecule has 2 heteroatoms. The topological polar surface area (TPSA) is 15.3 Å². The second-order valence-electron chi connectivity index (χ2n) is 6.27. The Labute approximate surface area is 117 Å². The lowest BCUT2D eigenvalue weighted by Crippen LogP contribution is -2.60. The van der Waals surface area contributed by atoms with Crippen molar-refractivity contribution in [3.8, 4) is 0 Å². The summed E-state index contributed by atoms with van der Waals surface area (Å²) in [5, 5.41) is 3.89. The van der Waals surface area contributed by atoms with Crippen LogP contribution < -0.4 is 5.32 Å². The fraction of sp³-hybridized carbons (Fsp3) is 0.647. The predicted octanol–water partition coefficient (Wildman–Crippen LogP) is 3.36. The van der Waals surface area contributed by atoms with Gasteiger partial charge in [-0.05, 0) is 31.4 Å². The van der Waals surface area contributed by atoms with Gasteiger partial charge in [-0.1, -0.05) is 50.1 Å². The molecule has 2 nitrogen and oxygen atoms in total. The van der Waals surface area contributed by atoms with Gasteiger partial charge in [-0.15, -0.1) is 0 Å². The number of rotatable bonds is 3. The average Bonchev–Trinajstić information content (AvgIpc) is 2.89. The van der Waals surface area contributed by atoms with E-state index in [2.05, 4.69) is 47.5 Å². The van der Waals surface area contributed by atoms with Gasteiger partial charge in [-0.2, -0.15) is 0 Å². The summed E-state index contributed by atoms with van der Waals surface area (Å²) in [4.78, 5) is 2.72. The van der Waals surface area contributed by atoms with Gasteiger partial charge in [0.25, 0.3) is 0 Å². The van der Waals surface area contributed by atoms with Gasteiger partial charge in [0.05, 0.1) is 0 Å². The maximum atomic E-state index is 3.89. The van der Waals surface area contributed by atoms with E-state index in [4.69, 9.17) is 0 Å². The molecule has 0 radical (unpaired) electrons. The fourth-order valence-corrected chi connectivity index (χ4v) is 3.91. The van der Waals surface area contributed by atoms with Crippen molar-refractivity contribution < 1.29 is 0 Å². The van der Waals surface area contributed by atoms with Crippen molar-refractivity contribution >= 4 is 0 Å². The average molecular weight is 258 g/mol. The molecule has 0 amide bonds. The number of piperazine rings is 1. The van der Waals surface area contributed by atoms with Crippen LogP contribution in [0.25, 0.3) is 0 Å². The molecule has 1 aromatic carbocycles. The third-order valence-corrected chi connectivity index (χ3v) is 4.87. The molecule has 1 unspecified atom stereocenters. The monoisotopic (exact) mass is 258 g/mol. The molecule has 1 atom stereocenters. The molecular weight excluding hydrogens is 232 g/mol. The molecule has 2 fully saturated rings. The summed E-state index contributed by atoms with van der Waals surface area (Å²) in [6, 6.07) is 11.6. The van der Waals surface area contributed by atoms with Crippen LogP contribution in [-0.2, 0) is 0 Å². The molecule has 1 aliphatic carbocycles. The third kappa shape index (κ3) is 2.70. The van der Waals surface area contributed by atoms with Crippen LogP contribution in [0.2, 0.25) is 0 Å². The first-order chi connectivity index (χ1) is 9.33. The van der Waals surface area contributed by atoms with E-state index < -0.39 is 0 Å². The highest BCUT2D eigenvalue weighted by Crippen LogP contribution is 2.36. The Balaban J connectivity index is 1.78. The van der Waals surface area contributed by atoms with Crippen molar-refractivity contribution in [2.45, 2.75) is 50.6 Å². The standard InChI is InChI=1S/C17H26N2/c1-2-12-19-14-17(10-6-7-11-17)18-13-16(19)15-8-4-3-5-9-15/h3-5,8-9,16,18H,2,6-7,10-14H2,1H3. The van der Waals surface area contributed by atoms with Gasteiger partial charge in [0, 0.05) is 24.7 Å². The van der Waals surface area contributed by atoms with Crippen LogP contribution in [0.5, 0.6) is 0 Å². The molecule has 2 aliphatic rings. The smallest absolute Gasteiger partial charge is 0.0473 e. The summed E-state index contributed by atoms with van der Waals surface area (Å²) < 4.78 is 0. The molecule has 3 rings (SSSR count). The Morgan fingerprint density at radius 2 is 1.95 bits per heavy atom. The van der Waals surface area contributed by atoms with Gasteiger partial charge in [0.15, 0.2) is 0 Å². The number of hydrogen-bond donors (Lipinski definition) is 1. The van der Waals surface area contributed by atoms with Crippen LogP contribution in [0.15, 0.2) is 30.3 Å². The van der Waals surface area contributed by atoms with E-state index in [1.54, 1.807) is 0 Å². The molecule has 1 heterocycles. The van der Waals surface area contributed by atoms with E-state index in [1.165, 1.54) is 50.8 Å². The van der Waals surface area contributed by atoms with Crippen LogP contribution in [0, 0.1) is 0 Å². The van der Waals surface area contributed by atoms with Crippen LogP contribution >= 0.6 is 0 Å². The quantitative estimate of drug-likeness (QED) is 0.894. The normalized spacial score (nSPS) is 26.9. The van der Waals surface area contributed by atoms with Crippen LogP contribution in [0.1, 0.15) is 50.6 Å².